The number of hydrogen-bond acceptors (Lipinski definition) is 3. The second-order valence-electron chi connectivity index (χ2n) is 5.05. The maximum atomic E-state index is 6.00. The van der Waals surface area contributed by atoms with Crippen LogP contribution in [0, 0.1) is 0 Å². The molecule has 0 aromatic heterocycles. The molecule has 0 aliphatic carbocycles. The first-order valence-electron chi connectivity index (χ1n) is 6.64. The van der Waals surface area contributed by atoms with E-state index in [1.165, 1.54) is 0 Å². The molecule has 18 heavy (non-hydrogen) atoms. The van der Waals surface area contributed by atoms with E-state index in [1.54, 1.807) is 0 Å². The van der Waals surface area contributed by atoms with Crippen LogP contribution in [-0.2, 0) is 0 Å². The van der Waals surface area contributed by atoms with E-state index in [9.17, 15) is 0 Å². The van der Waals surface area contributed by atoms with E-state index in [0.29, 0.717) is 6.54 Å². The van der Waals surface area contributed by atoms with Gasteiger partial charge in [-0.3, -0.25) is 0 Å². The lowest BCUT2D eigenvalue weighted by Gasteiger charge is -2.42. The van der Waals surface area contributed by atoms with Crippen LogP contribution in [-0.4, -0.2) is 36.6 Å². The average molecular weight is 268 g/mol. The Bertz CT molecular complexity index is 369. The lowest BCUT2D eigenvalue weighted by atomic mass is 9.87. The number of nitrogens with two attached hydrogens (primary N) is 1. The Hall–Kier alpha value is -0.770. The number of rotatable bonds is 4. The predicted octanol–water partition coefficient (Wildman–Crippen LogP) is 2.57. The smallest absolute Gasteiger partial charge is 0.0520 e. The summed E-state index contributed by atoms with van der Waals surface area (Å²) in [6.07, 6.45) is 2.19. The highest BCUT2D eigenvalue weighted by Crippen LogP contribution is 2.26. The summed E-state index contributed by atoms with van der Waals surface area (Å²) in [6, 6.07) is 7.86. The summed E-state index contributed by atoms with van der Waals surface area (Å²) in [7, 11) is 0. The number of halogens is 1. The minimum absolute atomic E-state index is 0.0412. The Morgan fingerprint density at radius 1 is 1.28 bits per heavy atom. The molecule has 1 aliphatic rings. The Kier molecular flexibility index (Phi) is 4.49. The number of nitrogens with zero attached hydrogens (tertiary/aromatic N) is 1. The molecule has 0 spiro atoms. The molecule has 1 saturated heterocycles. The summed E-state index contributed by atoms with van der Waals surface area (Å²) in [5.41, 5.74) is 7.14. The minimum Gasteiger partial charge on any atom is -0.378 e. The van der Waals surface area contributed by atoms with Gasteiger partial charge in [0.1, 0.15) is 0 Å². The summed E-state index contributed by atoms with van der Waals surface area (Å²) in [5, 5.41) is 4.37. The number of anilines is 1. The Balaban J connectivity index is 2.03. The van der Waals surface area contributed by atoms with Gasteiger partial charge in [-0.15, -0.1) is 0 Å². The topological polar surface area (TPSA) is 41.3 Å². The normalized spacial score (nSPS) is 19.7. The van der Waals surface area contributed by atoms with Crippen molar-refractivity contribution in [3.63, 3.8) is 0 Å². The van der Waals surface area contributed by atoms with E-state index in [4.69, 9.17) is 17.3 Å². The van der Waals surface area contributed by atoms with Gasteiger partial charge < -0.3 is 16.0 Å². The highest BCUT2D eigenvalue weighted by molar-refractivity contribution is 6.30. The van der Waals surface area contributed by atoms with E-state index in [-0.39, 0.29) is 5.54 Å². The van der Waals surface area contributed by atoms with Crippen molar-refractivity contribution in [3.05, 3.63) is 29.3 Å². The number of hydrogen-bond donors (Lipinski definition) is 2. The number of likely N-dealkylation sites (tertiary alicyclic amines) is 1. The van der Waals surface area contributed by atoms with Gasteiger partial charge in [0.05, 0.1) is 5.54 Å². The van der Waals surface area contributed by atoms with Crippen molar-refractivity contribution in [2.45, 2.75) is 25.3 Å². The summed E-state index contributed by atoms with van der Waals surface area (Å²) in [5.74, 6) is 0. The lowest BCUT2D eigenvalue weighted by molar-refractivity contribution is 0.184. The molecule has 100 valence electrons. The minimum atomic E-state index is 0.0412. The van der Waals surface area contributed by atoms with Gasteiger partial charge in [0, 0.05) is 30.3 Å². The summed E-state index contributed by atoms with van der Waals surface area (Å²) >= 11 is 5.90. The first-order chi connectivity index (χ1) is 8.67. The zero-order valence-electron chi connectivity index (χ0n) is 11.0. The third kappa shape index (κ3) is 3.16. The van der Waals surface area contributed by atoms with Crippen LogP contribution in [0.25, 0.3) is 0 Å². The van der Waals surface area contributed by atoms with E-state index in [2.05, 4.69) is 17.1 Å². The van der Waals surface area contributed by atoms with Gasteiger partial charge in [-0.2, -0.15) is 0 Å². The van der Waals surface area contributed by atoms with E-state index >= 15 is 0 Å². The van der Waals surface area contributed by atoms with E-state index in [0.717, 1.165) is 43.2 Å². The number of benzene rings is 1. The molecule has 1 heterocycles. The van der Waals surface area contributed by atoms with E-state index < -0.39 is 0 Å². The van der Waals surface area contributed by atoms with Gasteiger partial charge in [0.15, 0.2) is 0 Å². The van der Waals surface area contributed by atoms with Crippen molar-refractivity contribution in [1.82, 2.24) is 4.90 Å². The molecule has 1 aromatic rings. The largest absolute Gasteiger partial charge is 0.378 e. The maximum absolute atomic E-state index is 6.00. The standard InChI is InChI=1S/C14H22ClN3/c1-2-18-9-7-14(11-16,8-10-18)17-13-5-3-12(15)4-6-13/h3-6,17H,2,7-11,16H2,1H3. The van der Waals surface area contributed by atoms with Crippen molar-refractivity contribution in [2.24, 2.45) is 5.73 Å². The monoisotopic (exact) mass is 267 g/mol. The van der Waals surface area contributed by atoms with Crippen molar-refractivity contribution in [3.8, 4) is 0 Å². The molecular weight excluding hydrogens is 246 g/mol. The molecule has 2 rings (SSSR count). The molecule has 0 atom stereocenters. The van der Waals surface area contributed by atoms with Gasteiger partial charge in [0.2, 0.25) is 0 Å². The van der Waals surface area contributed by atoms with Gasteiger partial charge in [0.25, 0.3) is 0 Å². The first-order valence-corrected chi connectivity index (χ1v) is 7.01. The molecule has 1 aromatic carbocycles. The van der Waals surface area contributed by atoms with Crippen molar-refractivity contribution in [1.29, 1.82) is 0 Å². The molecule has 0 radical (unpaired) electrons. The number of piperidine rings is 1. The van der Waals surface area contributed by atoms with Crippen LogP contribution in [0.3, 0.4) is 0 Å². The van der Waals surface area contributed by atoms with Crippen LogP contribution >= 0.6 is 11.6 Å². The summed E-state index contributed by atoms with van der Waals surface area (Å²) in [4.78, 5) is 2.47. The molecule has 0 saturated carbocycles. The molecule has 1 aliphatic heterocycles. The van der Waals surface area contributed by atoms with Crippen LogP contribution < -0.4 is 11.1 Å². The first kappa shape index (κ1) is 13.7. The fraction of sp³-hybridized carbons (Fsp3) is 0.571. The maximum Gasteiger partial charge on any atom is 0.0520 e. The number of nitrogens with one attached hydrogen (secondary N) is 1. The summed E-state index contributed by atoms with van der Waals surface area (Å²) < 4.78 is 0. The van der Waals surface area contributed by atoms with Crippen LogP contribution in [0.1, 0.15) is 19.8 Å². The molecular formula is C14H22ClN3. The molecule has 3 N–H and O–H groups in total. The fourth-order valence-electron chi connectivity index (χ4n) is 2.52. The van der Waals surface area contributed by atoms with Crippen molar-refractivity contribution in [2.75, 3.05) is 31.5 Å². The molecule has 4 heteroatoms. The molecule has 0 bridgehead atoms. The van der Waals surface area contributed by atoms with Crippen LogP contribution in [0.5, 0.6) is 0 Å². The zero-order valence-corrected chi connectivity index (χ0v) is 11.7. The second kappa shape index (κ2) is 5.91. The van der Waals surface area contributed by atoms with Crippen molar-refractivity contribution < 1.29 is 0 Å². The molecule has 1 fully saturated rings. The van der Waals surface area contributed by atoms with Gasteiger partial charge in [-0.05, 0) is 43.7 Å². The third-order valence-corrected chi connectivity index (χ3v) is 4.16. The Labute approximate surface area is 114 Å². The summed E-state index contributed by atoms with van der Waals surface area (Å²) in [6.45, 7) is 6.25. The van der Waals surface area contributed by atoms with Gasteiger partial charge in [-0.25, -0.2) is 0 Å². The molecule has 0 amide bonds. The van der Waals surface area contributed by atoms with Crippen LogP contribution in [0.2, 0.25) is 5.02 Å². The predicted molar refractivity (Wildman–Crippen MR) is 78.2 cm³/mol. The zero-order chi connectivity index (χ0) is 13.0. The third-order valence-electron chi connectivity index (χ3n) is 3.90. The van der Waals surface area contributed by atoms with Gasteiger partial charge >= 0.3 is 0 Å². The van der Waals surface area contributed by atoms with E-state index in [1.807, 2.05) is 24.3 Å². The van der Waals surface area contributed by atoms with Crippen molar-refractivity contribution >= 4 is 17.3 Å². The van der Waals surface area contributed by atoms with Crippen LogP contribution in [0.15, 0.2) is 24.3 Å². The molecule has 0 unspecified atom stereocenters. The van der Waals surface area contributed by atoms with Gasteiger partial charge in [-0.1, -0.05) is 18.5 Å². The fourth-order valence-corrected chi connectivity index (χ4v) is 2.64. The highest BCUT2D eigenvalue weighted by Gasteiger charge is 2.32. The highest BCUT2D eigenvalue weighted by atomic mass is 35.5. The lowest BCUT2D eigenvalue weighted by Crippen LogP contribution is -2.53. The second-order valence-corrected chi connectivity index (χ2v) is 5.49. The quantitative estimate of drug-likeness (QED) is 0.881. The van der Waals surface area contributed by atoms with Crippen LogP contribution in [0.4, 0.5) is 5.69 Å². The SMILES string of the molecule is CCN1CCC(CN)(Nc2ccc(Cl)cc2)CC1. The average Bonchev–Trinajstić information content (AvgIpc) is 2.42. The Morgan fingerprint density at radius 2 is 1.89 bits per heavy atom. The Morgan fingerprint density at radius 3 is 2.39 bits per heavy atom. The molecule has 3 nitrogen and oxygen atoms in total.